The van der Waals surface area contributed by atoms with Crippen molar-refractivity contribution in [2.24, 2.45) is 0 Å². The Balaban J connectivity index is 1.43. The molecule has 140 valence electrons. The van der Waals surface area contributed by atoms with E-state index in [9.17, 15) is 0 Å². The van der Waals surface area contributed by atoms with E-state index in [0.717, 1.165) is 12.1 Å². The van der Waals surface area contributed by atoms with Gasteiger partial charge in [-0.05, 0) is 60.4 Å². The van der Waals surface area contributed by atoms with Crippen LogP contribution < -0.4 is 10.2 Å². The fourth-order valence-electron chi connectivity index (χ4n) is 3.76. The fourth-order valence-corrected chi connectivity index (χ4v) is 3.76. The minimum Gasteiger partial charge on any atom is -0.368 e. The summed E-state index contributed by atoms with van der Waals surface area (Å²) in [7, 11) is 2.17. The maximum absolute atomic E-state index is 3.56. The Labute approximate surface area is 167 Å². The molecule has 1 unspecified atom stereocenters. The van der Waals surface area contributed by atoms with E-state index in [-0.39, 0.29) is 0 Å². The Morgan fingerprint density at radius 2 is 1.39 bits per heavy atom. The zero-order valence-corrected chi connectivity index (χ0v) is 16.5. The number of anilines is 2. The van der Waals surface area contributed by atoms with Crippen LogP contribution in [-0.2, 0) is 0 Å². The van der Waals surface area contributed by atoms with Crippen LogP contribution in [0.5, 0.6) is 0 Å². The minimum absolute atomic E-state index is 0.397. The molecule has 1 N–H and O–H groups in total. The third kappa shape index (κ3) is 4.01. The van der Waals surface area contributed by atoms with E-state index in [1.165, 1.54) is 28.1 Å². The molecule has 1 aliphatic carbocycles. The van der Waals surface area contributed by atoms with Gasteiger partial charge < -0.3 is 10.2 Å². The molecule has 28 heavy (non-hydrogen) atoms. The second-order valence-corrected chi connectivity index (χ2v) is 7.31. The first kappa shape index (κ1) is 18.1. The maximum Gasteiger partial charge on any atom is 0.0535 e. The first-order valence-corrected chi connectivity index (χ1v) is 9.79. The summed E-state index contributed by atoms with van der Waals surface area (Å²) >= 11 is 0. The van der Waals surface area contributed by atoms with Crippen molar-refractivity contribution in [1.29, 1.82) is 0 Å². The Kier molecular flexibility index (Phi) is 5.29. The molecule has 4 rings (SSSR count). The lowest BCUT2D eigenvalue weighted by atomic mass is 9.96. The molecular formula is C26H26N2. The van der Waals surface area contributed by atoms with Crippen molar-refractivity contribution in [3.05, 3.63) is 108 Å². The highest BCUT2D eigenvalue weighted by atomic mass is 15.1. The first-order valence-electron chi connectivity index (χ1n) is 9.79. The third-order valence-corrected chi connectivity index (χ3v) is 5.38. The molecule has 0 spiro atoms. The van der Waals surface area contributed by atoms with E-state index in [2.05, 4.69) is 115 Å². The fraction of sp³-hybridized carbons (Fsp3) is 0.154. The predicted molar refractivity (Wildman–Crippen MR) is 121 cm³/mol. The largest absolute Gasteiger partial charge is 0.368 e. The third-order valence-electron chi connectivity index (χ3n) is 5.38. The average Bonchev–Trinajstić information content (AvgIpc) is 2.75. The molecule has 1 atom stereocenters. The zero-order chi connectivity index (χ0) is 19.3. The van der Waals surface area contributed by atoms with Crippen LogP contribution in [0.1, 0.15) is 13.3 Å². The van der Waals surface area contributed by atoms with Gasteiger partial charge in [-0.3, -0.25) is 0 Å². The minimum atomic E-state index is 0.397. The van der Waals surface area contributed by atoms with Gasteiger partial charge >= 0.3 is 0 Å². The van der Waals surface area contributed by atoms with Crippen molar-refractivity contribution >= 4 is 11.4 Å². The monoisotopic (exact) mass is 366 g/mol. The van der Waals surface area contributed by atoms with E-state index in [0.29, 0.717) is 6.04 Å². The summed E-state index contributed by atoms with van der Waals surface area (Å²) < 4.78 is 0. The molecule has 0 aliphatic heterocycles. The molecule has 2 nitrogen and oxygen atoms in total. The van der Waals surface area contributed by atoms with Gasteiger partial charge in [0.25, 0.3) is 0 Å². The van der Waals surface area contributed by atoms with Gasteiger partial charge in [0.2, 0.25) is 0 Å². The summed E-state index contributed by atoms with van der Waals surface area (Å²) in [5.74, 6) is 0. The van der Waals surface area contributed by atoms with Crippen LogP contribution in [0.15, 0.2) is 108 Å². The topological polar surface area (TPSA) is 15.3 Å². The van der Waals surface area contributed by atoms with Crippen molar-refractivity contribution in [2.75, 3.05) is 17.3 Å². The molecule has 2 heteroatoms. The Morgan fingerprint density at radius 1 is 0.786 bits per heavy atom. The SMILES string of the molecule is CC1=CC(Nc2ccc(-c3ccccc3)cc2)=CCC1N(C)c1ccccc1. The van der Waals surface area contributed by atoms with Crippen LogP contribution in [0.3, 0.4) is 0 Å². The summed E-state index contributed by atoms with van der Waals surface area (Å²) in [6.07, 6.45) is 5.55. The van der Waals surface area contributed by atoms with Gasteiger partial charge in [0.05, 0.1) is 6.04 Å². The van der Waals surface area contributed by atoms with E-state index in [1.807, 2.05) is 6.07 Å². The van der Waals surface area contributed by atoms with Gasteiger partial charge in [0, 0.05) is 24.1 Å². The highest BCUT2D eigenvalue weighted by Crippen LogP contribution is 2.27. The Hall–Kier alpha value is -3.26. The van der Waals surface area contributed by atoms with Crippen molar-refractivity contribution in [3.8, 4) is 11.1 Å². The quantitative estimate of drug-likeness (QED) is 0.554. The van der Waals surface area contributed by atoms with E-state index >= 15 is 0 Å². The van der Waals surface area contributed by atoms with E-state index in [4.69, 9.17) is 0 Å². The number of nitrogens with one attached hydrogen (secondary N) is 1. The van der Waals surface area contributed by atoms with Gasteiger partial charge in [-0.2, -0.15) is 0 Å². The van der Waals surface area contributed by atoms with Crippen molar-refractivity contribution in [1.82, 2.24) is 0 Å². The first-order chi connectivity index (χ1) is 13.7. The summed E-state index contributed by atoms with van der Waals surface area (Å²) in [5, 5.41) is 3.56. The van der Waals surface area contributed by atoms with E-state index < -0.39 is 0 Å². The van der Waals surface area contributed by atoms with Gasteiger partial charge in [-0.25, -0.2) is 0 Å². The number of para-hydroxylation sites is 1. The highest BCUT2D eigenvalue weighted by Gasteiger charge is 2.19. The van der Waals surface area contributed by atoms with Crippen LogP contribution >= 0.6 is 0 Å². The Morgan fingerprint density at radius 3 is 2.04 bits per heavy atom. The number of benzene rings is 3. The Bertz CT molecular complexity index is 970. The molecular weight excluding hydrogens is 340 g/mol. The van der Waals surface area contributed by atoms with Gasteiger partial charge in [-0.1, -0.05) is 66.7 Å². The molecule has 0 bridgehead atoms. The molecule has 0 amide bonds. The number of hydrogen-bond donors (Lipinski definition) is 1. The van der Waals surface area contributed by atoms with Crippen LogP contribution in [0, 0.1) is 0 Å². The standard InChI is InChI=1S/C26H26N2/c1-20-19-24(17-18-26(20)28(2)25-11-7-4-8-12-25)27-23-15-13-22(14-16-23)21-9-5-3-6-10-21/h3-17,19,26-27H,18H2,1-2H3. The molecule has 3 aromatic carbocycles. The summed E-state index contributed by atoms with van der Waals surface area (Å²) in [5.41, 5.74) is 7.39. The molecule has 0 aromatic heterocycles. The molecule has 0 saturated heterocycles. The number of nitrogens with zero attached hydrogens (tertiary/aromatic N) is 1. The second-order valence-electron chi connectivity index (χ2n) is 7.31. The smallest absolute Gasteiger partial charge is 0.0535 e. The number of hydrogen-bond acceptors (Lipinski definition) is 2. The molecule has 0 heterocycles. The van der Waals surface area contributed by atoms with Gasteiger partial charge in [0.15, 0.2) is 0 Å². The van der Waals surface area contributed by atoms with Crippen LogP contribution in [-0.4, -0.2) is 13.1 Å². The highest BCUT2D eigenvalue weighted by molar-refractivity contribution is 5.67. The lowest BCUT2D eigenvalue weighted by Gasteiger charge is -2.32. The zero-order valence-electron chi connectivity index (χ0n) is 16.5. The van der Waals surface area contributed by atoms with Crippen LogP contribution in [0.2, 0.25) is 0 Å². The van der Waals surface area contributed by atoms with Crippen molar-refractivity contribution < 1.29 is 0 Å². The molecule has 0 fully saturated rings. The molecule has 1 aliphatic rings. The van der Waals surface area contributed by atoms with E-state index in [1.54, 1.807) is 0 Å². The average molecular weight is 367 g/mol. The summed E-state index contributed by atoms with van der Waals surface area (Å²) in [4.78, 5) is 2.35. The predicted octanol–water partition coefficient (Wildman–Crippen LogP) is 6.50. The number of likely N-dealkylation sites (N-methyl/N-ethyl adjacent to an activating group) is 1. The number of rotatable bonds is 5. The summed E-state index contributed by atoms with van der Waals surface area (Å²) in [6.45, 7) is 2.22. The number of allylic oxidation sites excluding steroid dienone is 1. The second kappa shape index (κ2) is 8.18. The molecule has 3 aromatic rings. The van der Waals surface area contributed by atoms with Crippen LogP contribution in [0.4, 0.5) is 11.4 Å². The van der Waals surface area contributed by atoms with Gasteiger partial charge in [-0.15, -0.1) is 0 Å². The lowest BCUT2D eigenvalue weighted by Crippen LogP contribution is -2.33. The van der Waals surface area contributed by atoms with Gasteiger partial charge in [0.1, 0.15) is 0 Å². The van der Waals surface area contributed by atoms with Crippen LogP contribution in [0.25, 0.3) is 11.1 Å². The van der Waals surface area contributed by atoms with Crippen molar-refractivity contribution in [3.63, 3.8) is 0 Å². The molecule has 0 saturated carbocycles. The summed E-state index contributed by atoms with van der Waals surface area (Å²) in [6, 6.07) is 30.1. The molecule has 0 radical (unpaired) electrons. The maximum atomic E-state index is 3.56. The normalized spacial score (nSPS) is 16.1. The lowest BCUT2D eigenvalue weighted by molar-refractivity contribution is 0.709. The van der Waals surface area contributed by atoms with Crippen molar-refractivity contribution in [2.45, 2.75) is 19.4 Å².